The average molecular weight is 464 g/mol. The molecule has 0 fully saturated rings. The number of unbranched alkanes of at least 4 members (excludes halogenated alkanes) is 3. The maximum atomic E-state index is 13.5. The maximum Gasteiger partial charge on any atom is 0.408 e. The predicted octanol–water partition coefficient (Wildman–Crippen LogP) is 4.28. The number of phenols is 1. The van der Waals surface area contributed by atoms with E-state index in [-0.39, 0.29) is 11.7 Å². The van der Waals surface area contributed by atoms with Crippen LogP contribution >= 0.6 is 0 Å². The summed E-state index contributed by atoms with van der Waals surface area (Å²) in [6.45, 7) is 11.6. The number of alkyl carbamates (subject to hydrolysis) is 1. The fraction of sp³-hybridized carbons (Fsp3) is 0.640. The molecule has 0 saturated heterocycles. The molecule has 0 heterocycles. The molecule has 0 spiro atoms. The molecule has 0 aliphatic heterocycles. The Balaban J connectivity index is 3.21. The van der Waals surface area contributed by atoms with E-state index < -0.39 is 29.7 Å². The number of hydrogen-bond acceptors (Lipinski definition) is 5. The lowest BCUT2D eigenvalue weighted by molar-refractivity contribution is -0.142. The number of phenolic OH excluding ortho intramolecular Hbond substituents is 1. The number of aromatic hydroxyl groups is 1. The molecular weight excluding hydrogens is 422 g/mol. The van der Waals surface area contributed by atoms with Crippen LogP contribution in [0.2, 0.25) is 0 Å². The first-order valence-electron chi connectivity index (χ1n) is 11.9. The summed E-state index contributed by atoms with van der Waals surface area (Å²) in [6, 6.07) is 4.59. The van der Waals surface area contributed by atoms with Crippen LogP contribution in [-0.4, -0.2) is 52.6 Å². The first kappa shape index (κ1) is 28.3. The zero-order valence-corrected chi connectivity index (χ0v) is 20.9. The van der Waals surface area contributed by atoms with Crippen LogP contribution < -0.4 is 10.6 Å². The molecular formula is C25H41N3O5. The summed E-state index contributed by atoms with van der Waals surface area (Å²) in [4.78, 5) is 40.4. The van der Waals surface area contributed by atoms with Crippen molar-refractivity contribution in [2.45, 2.75) is 91.3 Å². The molecule has 1 rings (SSSR count). The van der Waals surface area contributed by atoms with Gasteiger partial charge in [-0.25, -0.2) is 4.79 Å². The standard InChI is InChI=1S/C25H41N3O5/c1-7-9-13-16-26-22(30)21(19-14-11-12-15-20(19)29)28(17-10-8-2)23(31)18(3)27-24(32)33-25(4,5)6/h11-12,14-15,18,21,29H,7-10,13,16-17H2,1-6H3,(H,26,30)(H,27,32). The van der Waals surface area contributed by atoms with Gasteiger partial charge in [0.05, 0.1) is 0 Å². The smallest absolute Gasteiger partial charge is 0.408 e. The highest BCUT2D eigenvalue weighted by molar-refractivity contribution is 5.92. The van der Waals surface area contributed by atoms with Crippen LogP contribution in [0.4, 0.5) is 4.79 Å². The quantitative estimate of drug-likeness (QED) is 0.401. The van der Waals surface area contributed by atoms with E-state index in [1.807, 2.05) is 6.92 Å². The van der Waals surface area contributed by atoms with Gasteiger partial charge in [0.15, 0.2) is 0 Å². The molecule has 33 heavy (non-hydrogen) atoms. The van der Waals surface area contributed by atoms with Gasteiger partial charge in [-0.3, -0.25) is 9.59 Å². The summed E-state index contributed by atoms with van der Waals surface area (Å²) in [6.07, 6.45) is 3.60. The van der Waals surface area contributed by atoms with Gasteiger partial charge in [-0.05, 0) is 46.6 Å². The predicted molar refractivity (Wildman–Crippen MR) is 129 cm³/mol. The molecule has 1 aromatic carbocycles. The molecule has 0 aliphatic rings. The Morgan fingerprint density at radius 2 is 1.70 bits per heavy atom. The number of nitrogens with one attached hydrogen (secondary N) is 2. The van der Waals surface area contributed by atoms with Crippen LogP contribution in [0.15, 0.2) is 24.3 Å². The minimum absolute atomic E-state index is 0.0618. The summed E-state index contributed by atoms with van der Waals surface area (Å²) < 4.78 is 5.27. The van der Waals surface area contributed by atoms with Crippen molar-refractivity contribution in [1.29, 1.82) is 0 Å². The van der Waals surface area contributed by atoms with E-state index in [1.165, 1.54) is 11.0 Å². The Morgan fingerprint density at radius 1 is 1.06 bits per heavy atom. The van der Waals surface area contributed by atoms with Gasteiger partial charge >= 0.3 is 6.09 Å². The molecule has 2 unspecified atom stereocenters. The van der Waals surface area contributed by atoms with Crippen LogP contribution in [0.25, 0.3) is 0 Å². The van der Waals surface area contributed by atoms with E-state index in [4.69, 9.17) is 4.74 Å². The summed E-state index contributed by atoms with van der Waals surface area (Å²) in [7, 11) is 0. The molecule has 0 aromatic heterocycles. The Kier molecular flexibility index (Phi) is 11.7. The van der Waals surface area contributed by atoms with Gasteiger partial charge in [0.1, 0.15) is 23.4 Å². The largest absolute Gasteiger partial charge is 0.508 e. The van der Waals surface area contributed by atoms with Crippen molar-refractivity contribution < 1.29 is 24.2 Å². The number of benzene rings is 1. The van der Waals surface area contributed by atoms with Gasteiger partial charge in [-0.2, -0.15) is 0 Å². The number of hydrogen-bond donors (Lipinski definition) is 3. The molecule has 8 heteroatoms. The molecule has 3 N–H and O–H groups in total. The summed E-state index contributed by atoms with van der Waals surface area (Å²) in [5.74, 6) is -0.846. The topological polar surface area (TPSA) is 108 Å². The van der Waals surface area contributed by atoms with Crippen molar-refractivity contribution in [2.24, 2.45) is 0 Å². The second kappa shape index (κ2) is 13.7. The van der Waals surface area contributed by atoms with Crippen LogP contribution in [0.1, 0.15) is 85.3 Å². The van der Waals surface area contributed by atoms with Crippen molar-refractivity contribution in [1.82, 2.24) is 15.5 Å². The zero-order valence-electron chi connectivity index (χ0n) is 20.9. The van der Waals surface area contributed by atoms with Gasteiger partial charge in [0.25, 0.3) is 0 Å². The van der Waals surface area contributed by atoms with Crippen molar-refractivity contribution in [3.05, 3.63) is 29.8 Å². The Bertz CT molecular complexity index is 776. The third kappa shape index (κ3) is 9.72. The van der Waals surface area contributed by atoms with E-state index in [0.29, 0.717) is 25.1 Å². The van der Waals surface area contributed by atoms with Crippen molar-refractivity contribution in [3.8, 4) is 5.75 Å². The van der Waals surface area contributed by atoms with Gasteiger partial charge in [-0.1, -0.05) is 51.3 Å². The number of carbonyl (C=O) groups excluding carboxylic acids is 3. The molecule has 186 valence electrons. The summed E-state index contributed by atoms with van der Waals surface area (Å²) >= 11 is 0. The number of nitrogens with zero attached hydrogens (tertiary/aromatic N) is 1. The van der Waals surface area contributed by atoms with E-state index in [9.17, 15) is 19.5 Å². The minimum Gasteiger partial charge on any atom is -0.508 e. The van der Waals surface area contributed by atoms with E-state index in [2.05, 4.69) is 17.6 Å². The SMILES string of the molecule is CCCCCNC(=O)C(c1ccccc1O)N(CCCC)C(=O)C(C)NC(=O)OC(C)(C)C. The summed E-state index contributed by atoms with van der Waals surface area (Å²) in [5, 5.41) is 16.0. The van der Waals surface area contributed by atoms with Gasteiger partial charge in [-0.15, -0.1) is 0 Å². The van der Waals surface area contributed by atoms with Crippen LogP contribution in [0.5, 0.6) is 5.75 Å². The monoisotopic (exact) mass is 463 g/mol. The van der Waals surface area contributed by atoms with Crippen molar-refractivity contribution in [3.63, 3.8) is 0 Å². The van der Waals surface area contributed by atoms with E-state index in [1.54, 1.807) is 45.9 Å². The first-order chi connectivity index (χ1) is 15.5. The van der Waals surface area contributed by atoms with Gasteiger partial charge in [0, 0.05) is 18.7 Å². The molecule has 1 aromatic rings. The minimum atomic E-state index is -1.02. The highest BCUT2D eigenvalue weighted by atomic mass is 16.6. The number of para-hydroxylation sites is 1. The number of carbonyl (C=O) groups is 3. The van der Waals surface area contributed by atoms with Crippen molar-refractivity contribution in [2.75, 3.05) is 13.1 Å². The summed E-state index contributed by atoms with van der Waals surface area (Å²) in [5.41, 5.74) is -0.356. The molecule has 0 aliphatic carbocycles. The molecule has 0 radical (unpaired) electrons. The number of rotatable bonds is 12. The second-order valence-corrected chi connectivity index (χ2v) is 9.21. The van der Waals surface area contributed by atoms with Crippen LogP contribution in [0.3, 0.4) is 0 Å². The van der Waals surface area contributed by atoms with Gasteiger partial charge < -0.3 is 25.4 Å². The molecule has 8 nitrogen and oxygen atoms in total. The normalized spacial score (nSPS) is 13.0. The van der Waals surface area contributed by atoms with E-state index in [0.717, 1.165) is 25.7 Å². The third-order valence-corrected chi connectivity index (χ3v) is 5.01. The lowest BCUT2D eigenvalue weighted by atomic mass is 10.0. The highest BCUT2D eigenvalue weighted by Crippen LogP contribution is 2.30. The fourth-order valence-electron chi connectivity index (χ4n) is 3.34. The maximum absolute atomic E-state index is 13.5. The first-order valence-corrected chi connectivity index (χ1v) is 11.9. The molecule has 2 atom stereocenters. The van der Waals surface area contributed by atoms with Crippen LogP contribution in [-0.2, 0) is 14.3 Å². The molecule has 3 amide bonds. The lowest BCUT2D eigenvalue weighted by Crippen LogP contribution is -2.52. The zero-order chi connectivity index (χ0) is 25.0. The molecule has 0 saturated carbocycles. The Morgan fingerprint density at radius 3 is 2.27 bits per heavy atom. The fourth-order valence-corrected chi connectivity index (χ4v) is 3.34. The molecule has 0 bridgehead atoms. The Hall–Kier alpha value is -2.77. The second-order valence-electron chi connectivity index (χ2n) is 9.21. The average Bonchev–Trinajstić information content (AvgIpc) is 2.73. The van der Waals surface area contributed by atoms with E-state index >= 15 is 0 Å². The van der Waals surface area contributed by atoms with Crippen molar-refractivity contribution >= 4 is 17.9 Å². The van der Waals surface area contributed by atoms with Crippen LogP contribution in [0, 0.1) is 0 Å². The lowest BCUT2D eigenvalue weighted by Gasteiger charge is -2.34. The Labute approximate surface area is 198 Å². The number of amides is 3. The highest BCUT2D eigenvalue weighted by Gasteiger charge is 2.35. The van der Waals surface area contributed by atoms with Gasteiger partial charge in [0.2, 0.25) is 11.8 Å². The number of ether oxygens (including phenoxy) is 1. The third-order valence-electron chi connectivity index (χ3n) is 5.01.